The summed E-state index contributed by atoms with van der Waals surface area (Å²) in [4.78, 5) is 4.08. The molecular formula is C15H15ClN4O4S2. The fourth-order valence-electron chi connectivity index (χ4n) is 1.79. The Hall–Kier alpha value is -2.24. The van der Waals surface area contributed by atoms with Gasteiger partial charge in [0.25, 0.3) is 0 Å². The molecule has 0 aliphatic rings. The third-order valence-electron chi connectivity index (χ3n) is 3.06. The molecule has 0 aromatic heterocycles. The number of rotatable bonds is 6. The number of halogens is 1. The molecule has 0 bridgehead atoms. The summed E-state index contributed by atoms with van der Waals surface area (Å²) in [7, 11) is -7.49. The first-order chi connectivity index (χ1) is 12.1. The van der Waals surface area contributed by atoms with Crippen molar-refractivity contribution in [3.8, 4) is 0 Å². The highest BCUT2D eigenvalue weighted by Crippen LogP contribution is 2.16. The molecule has 26 heavy (non-hydrogen) atoms. The van der Waals surface area contributed by atoms with E-state index < -0.39 is 20.0 Å². The Balaban J connectivity index is 2.02. The Morgan fingerprint density at radius 2 is 1.35 bits per heavy atom. The van der Waals surface area contributed by atoms with Gasteiger partial charge < -0.3 is 5.32 Å². The van der Waals surface area contributed by atoms with E-state index in [4.69, 9.17) is 21.9 Å². The molecule has 0 heterocycles. The van der Waals surface area contributed by atoms with E-state index in [1.54, 1.807) is 0 Å². The summed E-state index contributed by atoms with van der Waals surface area (Å²) in [5.41, 5.74) is 1.09. The van der Waals surface area contributed by atoms with Crippen LogP contribution in [0.25, 0.3) is 0 Å². The van der Waals surface area contributed by atoms with E-state index in [0.29, 0.717) is 11.4 Å². The van der Waals surface area contributed by atoms with Gasteiger partial charge in [-0.25, -0.2) is 27.1 Å². The van der Waals surface area contributed by atoms with Crippen molar-refractivity contribution in [2.45, 2.75) is 9.79 Å². The van der Waals surface area contributed by atoms with Crippen LogP contribution in [0.5, 0.6) is 0 Å². The third-order valence-corrected chi connectivity index (χ3v) is 5.13. The van der Waals surface area contributed by atoms with E-state index in [2.05, 4.69) is 10.3 Å². The number of hydrogen-bond donors (Lipinski definition) is 3. The van der Waals surface area contributed by atoms with Gasteiger partial charge >= 0.3 is 0 Å². The minimum Gasteiger partial charge on any atom is -0.360 e. The van der Waals surface area contributed by atoms with Crippen molar-refractivity contribution in [2.75, 3.05) is 5.32 Å². The second-order valence-corrected chi connectivity index (χ2v) is 8.60. The van der Waals surface area contributed by atoms with Crippen molar-refractivity contribution in [1.29, 1.82) is 0 Å². The summed E-state index contributed by atoms with van der Waals surface area (Å²) >= 11 is 6.01. The lowest BCUT2D eigenvalue weighted by Gasteiger charge is -2.02. The van der Waals surface area contributed by atoms with E-state index in [1.165, 1.54) is 60.9 Å². The van der Waals surface area contributed by atoms with Crippen molar-refractivity contribution >= 4 is 49.2 Å². The quantitative estimate of drug-likeness (QED) is 0.618. The molecule has 11 heteroatoms. The van der Waals surface area contributed by atoms with Crippen molar-refractivity contribution < 1.29 is 16.8 Å². The highest BCUT2D eigenvalue weighted by atomic mass is 35.5. The molecule has 0 amide bonds. The zero-order chi connectivity index (χ0) is 19.4. The highest BCUT2D eigenvalue weighted by Gasteiger charge is 2.07. The summed E-state index contributed by atoms with van der Waals surface area (Å²) in [5, 5.41) is 13.2. The van der Waals surface area contributed by atoms with Crippen LogP contribution < -0.4 is 15.6 Å². The maximum Gasteiger partial charge on any atom is 0.238 e. The Labute approximate surface area is 156 Å². The number of nitrogens with two attached hydrogens (primary N) is 2. The topological polar surface area (TPSA) is 145 Å². The molecule has 0 fully saturated rings. The largest absolute Gasteiger partial charge is 0.360 e. The van der Waals surface area contributed by atoms with Crippen LogP contribution in [0, 0.1) is 0 Å². The highest BCUT2D eigenvalue weighted by molar-refractivity contribution is 7.89. The minimum absolute atomic E-state index is 0.00243. The maximum absolute atomic E-state index is 11.2. The number of anilines is 1. The number of aliphatic imine (C=N–C) groups is 1. The van der Waals surface area contributed by atoms with E-state index in [1.807, 2.05) is 0 Å². The van der Waals surface area contributed by atoms with Crippen molar-refractivity contribution in [3.05, 3.63) is 59.8 Å². The molecule has 2 rings (SSSR count). The van der Waals surface area contributed by atoms with E-state index in [0.717, 1.165) is 0 Å². The van der Waals surface area contributed by atoms with Gasteiger partial charge in [0.1, 0.15) is 0 Å². The van der Waals surface area contributed by atoms with Crippen LogP contribution in [0.4, 0.5) is 11.4 Å². The number of allylic oxidation sites excluding steroid dienone is 1. The molecule has 0 aliphatic carbocycles. The first-order valence-electron chi connectivity index (χ1n) is 6.98. The van der Waals surface area contributed by atoms with Gasteiger partial charge in [0, 0.05) is 18.1 Å². The lowest BCUT2D eigenvalue weighted by atomic mass is 10.3. The van der Waals surface area contributed by atoms with Crippen LogP contribution in [0.1, 0.15) is 0 Å². The van der Waals surface area contributed by atoms with Crippen LogP contribution in [0.3, 0.4) is 0 Å². The minimum atomic E-state index is -3.75. The Morgan fingerprint density at radius 3 is 1.81 bits per heavy atom. The van der Waals surface area contributed by atoms with E-state index in [-0.39, 0.29) is 14.8 Å². The Kier molecular flexibility index (Phi) is 6.16. The van der Waals surface area contributed by atoms with Crippen LogP contribution in [-0.2, 0) is 20.0 Å². The van der Waals surface area contributed by atoms with Gasteiger partial charge in [0.05, 0.1) is 20.5 Å². The summed E-state index contributed by atoms with van der Waals surface area (Å²) < 4.78 is 44.7. The molecule has 0 aliphatic heterocycles. The fourth-order valence-corrected chi connectivity index (χ4v) is 2.92. The smallest absolute Gasteiger partial charge is 0.238 e. The van der Waals surface area contributed by atoms with Crippen LogP contribution in [0.2, 0.25) is 0 Å². The summed E-state index contributed by atoms with van der Waals surface area (Å²) in [6, 6.07) is 11.4. The van der Waals surface area contributed by atoms with Crippen LogP contribution in [0.15, 0.2) is 74.5 Å². The van der Waals surface area contributed by atoms with Gasteiger partial charge in [-0.2, -0.15) is 0 Å². The summed E-state index contributed by atoms with van der Waals surface area (Å²) in [6.45, 7) is 0. The van der Waals surface area contributed by atoms with E-state index in [9.17, 15) is 16.8 Å². The van der Waals surface area contributed by atoms with Crippen LogP contribution >= 0.6 is 11.6 Å². The molecule has 0 atom stereocenters. The van der Waals surface area contributed by atoms with Gasteiger partial charge in [-0.3, -0.25) is 4.99 Å². The number of sulfonamides is 2. The zero-order valence-electron chi connectivity index (χ0n) is 13.2. The van der Waals surface area contributed by atoms with Crippen molar-refractivity contribution in [2.24, 2.45) is 15.3 Å². The van der Waals surface area contributed by atoms with Crippen molar-refractivity contribution in [1.82, 2.24) is 0 Å². The number of hydrogen-bond acceptors (Lipinski definition) is 6. The molecule has 0 saturated heterocycles. The maximum atomic E-state index is 11.2. The lowest BCUT2D eigenvalue weighted by Crippen LogP contribution is -2.11. The zero-order valence-corrected chi connectivity index (χ0v) is 15.6. The second-order valence-electron chi connectivity index (χ2n) is 5.04. The number of nitrogens with one attached hydrogen (secondary N) is 1. The van der Waals surface area contributed by atoms with Gasteiger partial charge in [0.2, 0.25) is 20.0 Å². The third kappa shape index (κ3) is 5.93. The molecule has 0 unspecified atom stereocenters. The second kappa shape index (κ2) is 7.98. The molecule has 8 nitrogen and oxygen atoms in total. The first-order valence-corrected chi connectivity index (χ1v) is 10.4. The normalized spacial score (nSPS) is 13.1. The lowest BCUT2D eigenvalue weighted by molar-refractivity contribution is 0.596. The fraction of sp³-hybridized carbons (Fsp3) is 0. The van der Waals surface area contributed by atoms with Crippen LogP contribution in [-0.4, -0.2) is 23.1 Å². The monoisotopic (exact) mass is 414 g/mol. The van der Waals surface area contributed by atoms with Gasteiger partial charge in [-0.15, -0.1) is 0 Å². The number of nitrogens with zero attached hydrogens (tertiary/aromatic N) is 1. The molecule has 138 valence electrons. The predicted octanol–water partition coefficient (Wildman–Crippen LogP) is 1.88. The average molecular weight is 415 g/mol. The Bertz CT molecular complexity index is 1050. The molecule has 5 N–H and O–H groups in total. The SMILES string of the molecule is NS(=O)(=O)c1ccc(N=C/C(Cl)=C\Nc2ccc(S(N)(=O)=O)cc2)cc1. The first kappa shape index (κ1) is 20.1. The molecule has 0 radical (unpaired) electrons. The molecule has 0 spiro atoms. The molecular weight excluding hydrogens is 400 g/mol. The summed E-state index contributed by atoms with van der Waals surface area (Å²) in [6.07, 6.45) is 2.81. The number of benzene rings is 2. The molecule has 2 aromatic rings. The van der Waals surface area contributed by atoms with Crippen molar-refractivity contribution in [3.63, 3.8) is 0 Å². The molecule has 2 aromatic carbocycles. The predicted molar refractivity (Wildman–Crippen MR) is 101 cm³/mol. The van der Waals surface area contributed by atoms with Gasteiger partial charge in [-0.05, 0) is 48.5 Å². The van der Waals surface area contributed by atoms with E-state index >= 15 is 0 Å². The van der Waals surface area contributed by atoms with Gasteiger partial charge in [0.15, 0.2) is 0 Å². The Morgan fingerprint density at radius 1 is 0.885 bits per heavy atom. The molecule has 0 saturated carbocycles. The standard InChI is InChI=1S/C15H15ClN4O4S2/c16-11(9-19-12-1-5-14(6-2-12)25(17,21)22)10-20-13-3-7-15(8-4-13)26(18,23)24/h1-10,19H,(H2,17,21,22)(H2,18,23,24)/b11-9+,20-10?. The number of primary sulfonamides is 2. The summed E-state index contributed by atoms with van der Waals surface area (Å²) in [5.74, 6) is 0. The van der Waals surface area contributed by atoms with Gasteiger partial charge in [-0.1, -0.05) is 11.6 Å². The average Bonchev–Trinajstić information content (AvgIpc) is 2.57.